The smallest absolute Gasteiger partial charge is 0.0534 e. The highest BCUT2D eigenvalue weighted by atomic mass is 15.2. The van der Waals surface area contributed by atoms with Crippen LogP contribution in [-0.2, 0) is 13.6 Å². The zero-order valence-corrected chi connectivity index (χ0v) is 9.62. The minimum absolute atomic E-state index is 0.570. The van der Waals surface area contributed by atoms with E-state index in [-0.39, 0.29) is 0 Å². The van der Waals surface area contributed by atoms with E-state index in [1.54, 1.807) is 0 Å². The molecule has 0 aliphatic carbocycles. The van der Waals surface area contributed by atoms with Gasteiger partial charge < -0.3 is 5.32 Å². The van der Waals surface area contributed by atoms with Crippen molar-refractivity contribution >= 4 is 0 Å². The van der Waals surface area contributed by atoms with E-state index in [0.29, 0.717) is 6.04 Å². The van der Waals surface area contributed by atoms with Gasteiger partial charge in [-0.25, -0.2) is 0 Å². The van der Waals surface area contributed by atoms with Crippen LogP contribution >= 0.6 is 0 Å². The van der Waals surface area contributed by atoms with Gasteiger partial charge in [0.2, 0.25) is 0 Å². The monoisotopic (exact) mass is 195 g/mol. The highest BCUT2D eigenvalue weighted by Gasteiger charge is 2.09. The predicted octanol–water partition coefficient (Wildman–Crippen LogP) is 1.94. The lowest BCUT2D eigenvalue weighted by molar-refractivity contribution is 0.389. The SMILES string of the molecule is CC[C@H](C)[C@H](C)NCc1cnn(C)c1. The van der Waals surface area contributed by atoms with Gasteiger partial charge in [-0.15, -0.1) is 0 Å². The molecule has 1 N–H and O–H groups in total. The van der Waals surface area contributed by atoms with Gasteiger partial charge in [0.1, 0.15) is 0 Å². The van der Waals surface area contributed by atoms with E-state index in [9.17, 15) is 0 Å². The van der Waals surface area contributed by atoms with Crippen molar-refractivity contribution in [3.8, 4) is 0 Å². The Kier molecular flexibility index (Phi) is 4.14. The Morgan fingerprint density at radius 1 is 1.50 bits per heavy atom. The van der Waals surface area contributed by atoms with Gasteiger partial charge in [-0.2, -0.15) is 5.10 Å². The number of aryl methyl sites for hydroxylation is 1. The van der Waals surface area contributed by atoms with E-state index in [1.165, 1.54) is 12.0 Å². The van der Waals surface area contributed by atoms with Crippen LogP contribution < -0.4 is 5.32 Å². The maximum atomic E-state index is 4.14. The lowest BCUT2D eigenvalue weighted by atomic mass is 10.0. The minimum atomic E-state index is 0.570. The fraction of sp³-hybridized carbons (Fsp3) is 0.727. The number of nitrogens with zero attached hydrogens (tertiary/aromatic N) is 2. The van der Waals surface area contributed by atoms with Gasteiger partial charge in [-0.05, 0) is 12.8 Å². The summed E-state index contributed by atoms with van der Waals surface area (Å²) in [5.41, 5.74) is 1.25. The van der Waals surface area contributed by atoms with Crippen molar-refractivity contribution in [2.45, 2.75) is 39.8 Å². The topological polar surface area (TPSA) is 29.9 Å². The largest absolute Gasteiger partial charge is 0.310 e. The molecule has 0 aliphatic heterocycles. The van der Waals surface area contributed by atoms with E-state index in [2.05, 4.69) is 37.4 Å². The first kappa shape index (κ1) is 11.2. The minimum Gasteiger partial charge on any atom is -0.310 e. The van der Waals surface area contributed by atoms with Gasteiger partial charge in [0, 0.05) is 31.4 Å². The molecule has 0 saturated heterocycles. The second kappa shape index (κ2) is 5.15. The van der Waals surface area contributed by atoms with Gasteiger partial charge in [0.15, 0.2) is 0 Å². The number of hydrogen-bond acceptors (Lipinski definition) is 2. The molecule has 1 aromatic heterocycles. The summed E-state index contributed by atoms with van der Waals surface area (Å²) in [7, 11) is 1.95. The fourth-order valence-corrected chi connectivity index (χ4v) is 1.40. The molecule has 0 aliphatic rings. The number of nitrogens with one attached hydrogen (secondary N) is 1. The van der Waals surface area contributed by atoms with Crippen LogP contribution in [0.1, 0.15) is 32.8 Å². The summed E-state index contributed by atoms with van der Waals surface area (Å²) >= 11 is 0. The molecule has 0 amide bonds. The number of aromatic nitrogens is 2. The molecule has 3 nitrogen and oxygen atoms in total. The summed E-state index contributed by atoms with van der Waals surface area (Å²) in [4.78, 5) is 0. The lowest BCUT2D eigenvalue weighted by Gasteiger charge is -2.19. The van der Waals surface area contributed by atoms with E-state index < -0.39 is 0 Å². The Hall–Kier alpha value is -0.830. The van der Waals surface area contributed by atoms with Gasteiger partial charge in [0.05, 0.1) is 6.20 Å². The molecule has 0 saturated carbocycles. The van der Waals surface area contributed by atoms with Crippen LogP contribution in [-0.4, -0.2) is 15.8 Å². The molecule has 1 aromatic rings. The highest BCUT2D eigenvalue weighted by molar-refractivity contribution is 5.03. The summed E-state index contributed by atoms with van der Waals surface area (Å²) in [5.74, 6) is 0.728. The maximum absolute atomic E-state index is 4.14. The molecule has 0 fully saturated rings. The maximum Gasteiger partial charge on any atom is 0.0534 e. The van der Waals surface area contributed by atoms with Crippen LogP contribution in [0.2, 0.25) is 0 Å². The molecule has 0 aromatic carbocycles. The molecular weight excluding hydrogens is 174 g/mol. The van der Waals surface area contributed by atoms with Crippen LogP contribution in [0.5, 0.6) is 0 Å². The molecule has 14 heavy (non-hydrogen) atoms. The molecule has 1 heterocycles. The third-order valence-corrected chi connectivity index (χ3v) is 2.88. The van der Waals surface area contributed by atoms with E-state index in [0.717, 1.165) is 12.5 Å². The summed E-state index contributed by atoms with van der Waals surface area (Å²) < 4.78 is 1.84. The first-order valence-corrected chi connectivity index (χ1v) is 5.34. The quantitative estimate of drug-likeness (QED) is 0.778. The van der Waals surface area contributed by atoms with Crippen LogP contribution in [0.15, 0.2) is 12.4 Å². The Labute approximate surface area is 86.5 Å². The molecule has 80 valence electrons. The third-order valence-electron chi connectivity index (χ3n) is 2.88. The Morgan fingerprint density at radius 2 is 2.21 bits per heavy atom. The van der Waals surface area contributed by atoms with Crippen LogP contribution in [0.25, 0.3) is 0 Å². The predicted molar refractivity (Wildman–Crippen MR) is 59.0 cm³/mol. The molecule has 3 heteroatoms. The molecule has 0 radical (unpaired) electrons. The van der Waals surface area contributed by atoms with E-state index >= 15 is 0 Å². The van der Waals surface area contributed by atoms with Crippen molar-refractivity contribution in [3.05, 3.63) is 18.0 Å². The van der Waals surface area contributed by atoms with Crippen molar-refractivity contribution in [1.82, 2.24) is 15.1 Å². The molecule has 1 rings (SSSR count). The molecule has 0 spiro atoms. The lowest BCUT2D eigenvalue weighted by Crippen LogP contribution is -2.31. The number of rotatable bonds is 5. The van der Waals surface area contributed by atoms with Crippen molar-refractivity contribution < 1.29 is 0 Å². The van der Waals surface area contributed by atoms with Crippen LogP contribution in [0.4, 0.5) is 0 Å². The third kappa shape index (κ3) is 3.14. The summed E-state index contributed by atoms with van der Waals surface area (Å²) in [5, 5.41) is 7.65. The summed E-state index contributed by atoms with van der Waals surface area (Å²) in [6.07, 6.45) is 5.19. The van der Waals surface area contributed by atoms with Crippen molar-refractivity contribution in [2.24, 2.45) is 13.0 Å². The molecule has 0 bridgehead atoms. The Morgan fingerprint density at radius 3 is 2.71 bits per heavy atom. The molecular formula is C11H21N3. The Balaban J connectivity index is 2.33. The zero-order valence-electron chi connectivity index (χ0n) is 9.62. The van der Waals surface area contributed by atoms with Gasteiger partial charge >= 0.3 is 0 Å². The van der Waals surface area contributed by atoms with E-state index in [4.69, 9.17) is 0 Å². The summed E-state index contributed by atoms with van der Waals surface area (Å²) in [6.45, 7) is 7.66. The molecule has 2 atom stereocenters. The average Bonchev–Trinajstić information content (AvgIpc) is 2.59. The van der Waals surface area contributed by atoms with Crippen LogP contribution in [0, 0.1) is 5.92 Å². The average molecular weight is 195 g/mol. The van der Waals surface area contributed by atoms with Crippen molar-refractivity contribution in [3.63, 3.8) is 0 Å². The van der Waals surface area contributed by atoms with Gasteiger partial charge in [-0.3, -0.25) is 4.68 Å². The van der Waals surface area contributed by atoms with Crippen LogP contribution in [0.3, 0.4) is 0 Å². The standard InChI is InChI=1S/C11H21N3/c1-5-9(2)10(3)12-6-11-7-13-14(4)8-11/h7-10,12H,5-6H2,1-4H3/t9-,10-/m0/s1. The second-order valence-electron chi connectivity index (χ2n) is 4.08. The Bertz CT molecular complexity index is 267. The number of hydrogen-bond donors (Lipinski definition) is 1. The van der Waals surface area contributed by atoms with Gasteiger partial charge in [-0.1, -0.05) is 20.3 Å². The van der Waals surface area contributed by atoms with Crippen molar-refractivity contribution in [1.29, 1.82) is 0 Å². The summed E-state index contributed by atoms with van der Waals surface area (Å²) in [6, 6.07) is 0.570. The molecule has 0 unspecified atom stereocenters. The second-order valence-corrected chi connectivity index (χ2v) is 4.08. The zero-order chi connectivity index (χ0) is 10.6. The fourth-order valence-electron chi connectivity index (χ4n) is 1.40. The first-order chi connectivity index (χ1) is 6.63. The first-order valence-electron chi connectivity index (χ1n) is 5.34. The van der Waals surface area contributed by atoms with Crippen molar-refractivity contribution in [2.75, 3.05) is 0 Å². The van der Waals surface area contributed by atoms with E-state index in [1.807, 2.05) is 17.9 Å². The highest BCUT2D eigenvalue weighted by Crippen LogP contribution is 2.07. The van der Waals surface area contributed by atoms with Gasteiger partial charge in [0.25, 0.3) is 0 Å². The normalized spacial score (nSPS) is 15.4.